The Kier molecular flexibility index (Phi) is 2.00. The molecule has 0 aliphatic heterocycles. The molecule has 0 bridgehead atoms. The fraction of sp³-hybridized carbons (Fsp3) is 0.400. The Labute approximate surface area is 76.7 Å². The number of hydrogen-bond donors (Lipinski definition) is 0. The lowest BCUT2D eigenvalue weighted by Gasteiger charge is -2.05. The molecule has 0 N–H and O–H groups in total. The van der Waals surface area contributed by atoms with Crippen LogP contribution in [-0.4, -0.2) is 18.4 Å². The summed E-state index contributed by atoms with van der Waals surface area (Å²) >= 11 is 0. The van der Waals surface area contributed by atoms with Crippen LogP contribution in [0.15, 0.2) is 6.07 Å². The van der Waals surface area contributed by atoms with Crippen LogP contribution in [0.4, 0.5) is 0 Å². The van der Waals surface area contributed by atoms with Crippen LogP contribution in [0, 0.1) is 0 Å². The number of aldehydes is 1. The molecule has 0 amide bonds. The number of carbonyl (C=O) groups is 1. The van der Waals surface area contributed by atoms with Crippen molar-refractivity contribution in [3.05, 3.63) is 23.0 Å². The molecule has 0 saturated carbocycles. The first-order chi connectivity index (χ1) is 6.35. The highest BCUT2D eigenvalue weighted by Gasteiger charge is 2.16. The number of nitrogens with zero attached hydrogens (tertiary/aromatic N) is 1. The predicted molar refractivity (Wildman–Crippen MR) is 48.2 cm³/mol. The fourth-order valence-corrected chi connectivity index (χ4v) is 1.71. The van der Waals surface area contributed by atoms with Gasteiger partial charge in [0.1, 0.15) is 11.4 Å². The van der Waals surface area contributed by atoms with Crippen molar-refractivity contribution in [3.63, 3.8) is 0 Å². The molecule has 1 aromatic rings. The minimum Gasteiger partial charge on any atom is -0.494 e. The summed E-state index contributed by atoms with van der Waals surface area (Å²) < 4.78 is 5.07. The van der Waals surface area contributed by atoms with Crippen LogP contribution in [0.5, 0.6) is 5.75 Å². The first-order valence-electron chi connectivity index (χ1n) is 4.37. The molecule has 1 aliphatic carbocycles. The molecule has 3 nitrogen and oxygen atoms in total. The number of carbonyl (C=O) groups excluding carboxylic acids is 1. The Bertz CT molecular complexity index is 347. The van der Waals surface area contributed by atoms with Crippen LogP contribution in [0.3, 0.4) is 0 Å². The number of aromatic nitrogens is 1. The van der Waals surface area contributed by atoms with Crippen molar-refractivity contribution in [1.82, 2.24) is 4.98 Å². The molecule has 0 saturated heterocycles. The lowest BCUT2D eigenvalue weighted by Crippen LogP contribution is -1.98. The Morgan fingerprint density at radius 1 is 1.54 bits per heavy atom. The molecule has 0 unspecified atom stereocenters. The molecule has 3 heteroatoms. The first-order valence-corrected chi connectivity index (χ1v) is 4.37. The van der Waals surface area contributed by atoms with Crippen molar-refractivity contribution in [2.45, 2.75) is 19.3 Å². The quantitative estimate of drug-likeness (QED) is 0.641. The lowest BCUT2D eigenvalue weighted by atomic mass is 10.2. The third-order valence-electron chi connectivity index (χ3n) is 2.38. The minimum atomic E-state index is 0.420. The molecule has 0 aromatic carbocycles. The highest BCUT2D eigenvalue weighted by Crippen LogP contribution is 2.25. The van der Waals surface area contributed by atoms with Crippen LogP contribution in [0.25, 0.3) is 0 Å². The minimum absolute atomic E-state index is 0.420. The van der Waals surface area contributed by atoms with E-state index in [1.807, 2.05) is 6.07 Å². The first kappa shape index (κ1) is 8.23. The van der Waals surface area contributed by atoms with Gasteiger partial charge in [-0.15, -0.1) is 0 Å². The normalized spacial score (nSPS) is 13.9. The zero-order valence-electron chi connectivity index (χ0n) is 7.54. The predicted octanol–water partition coefficient (Wildman–Crippen LogP) is 1.39. The maximum Gasteiger partial charge on any atom is 0.172 e. The molecule has 0 spiro atoms. The molecular formula is C10H11NO2. The average molecular weight is 177 g/mol. The highest BCUT2D eigenvalue weighted by molar-refractivity contribution is 5.76. The lowest BCUT2D eigenvalue weighted by molar-refractivity contribution is 0.111. The van der Waals surface area contributed by atoms with Crippen LogP contribution < -0.4 is 4.74 Å². The highest BCUT2D eigenvalue weighted by atomic mass is 16.5. The van der Waals surface area contributed by atoms with Crippen LogP contribution >= 0.6 is 0 Å². The van der Waals surface area contributed by atoms with Crippen molar-refractivity contribution < 1.29 is 9.53 Å². The third kappa shape index (κ3) is 1.30. The zero-order valence-corrected chi connectivity index (χ0v) is 7.54. The molecular weight excluding hydrogens is 166 g/mol. The maximum atomic E-state index is 10.6. The van der Waals surface area contributed by atoms with E-state index in [9.17, 15) is 4.79 Å². The van der Waals surface area contributed by atoms with E-state index >= 15 is 0 Å². The van der Waals surface area contributed by atoms with Crippen LogP contribution in [0.2, 0.25) is 0 Å². The molecule has 1 aromatic heterocycles. The summed E-state index contributed by atoms with van der Waals surface area (Å²) in [6, 6.07) is 1.93. The largest absolute Gasteiger partial charge is 0.494 e. The van der Waals surface area contributed by atoms with Crippen LogP contribution in [0.1, 0.15) is 28.2 Å². The molecule has 0 atom stereocenters. The Morgan fingerprint density at radius 3 is 3.08 bits per heavy atom. The smallest absolute Gasteiger partial charge is 0.172 e. The number of methoxy groups -OCH3 is 1. The topological polar surface area (TPSA) is 39.2 Å². The van der Waals surface area contributed by atoms with Gasteiger partial charge in [-0.1, -0.05) is 0 Å². The molecule has 68 valence electrons. The van der Waals surface area contributed by atoms with E-state index in [4.69, 9.17) is 4.74 Å². The molecule has 1 aliphatic rings. The Hall–Kier alpha value is -1.38. The third-order valence-corrected chi connectivity index (χ3v) is 2.38. The van der Waals surface area contributed by atoms with Crippen molar-refractivity contribution in [2.24, 2.45) is 0 Å². The van der Waals surface area contributed by atoms with E-state index in [1.165, 1.54) is 5.56 Å². The number of ether oxygens (including phenoxy) is 1. The van der Waals surface area contributed by atoms with E-state index < -0.39 is 0 Å². The number of pyridine rings is 1. The molecule has 13 heavy (non-hydrogen) atoms. The van der Waals surface area contributed by atoms with Gasteiger partial charge in [0.2, 0.25) is 0 Å². The van der Waals surface area contributed by atoms with Gasteiger partial charge in [-0.25, -0.2) is 4.98 Å². The summed E-state index contributed by atoms with van der Waals surface area (Å²) in [5.41, 5.74) is 2.70. The van der Waals surface area contributed by atoms with E-state index in [2.05, 4.69) is 4.98 Å². The summed E-state index contributed by atoms with van der Waals surface area (Å²) in [5, 5.41) is 0. The van der Waals surface area contributed by atoms with E-state index in [0.29, 0.717) is 11.4 Å². The summed E-state index contributed by atoms with van der Waals surface area (Å²) in [7, 11) is 1.56. The number of hydrogen-bond acceptors (Lipinski definition) is 3. The van der Waals surface area contributed by atoms with Crippen molar-refractivity contribution >= 4 is 6.29 Å². The van der Waals surface area contributed by atoms with Gasteiger partial charge in [0.25, 0.3) is 0 Å². The average Bonchev–Trinajstić information content (AvgIpc) is 2.62. The number of aryl methyl sites for hydroxylation is 2. The summed E-state index contributed by atoms with van der Waals surface area (Å²) in [5.74, 6) is 0.593. The zero-order chi connectivity index (χ0) is 9.26. The number of rotatable bonds is 2. The second kappa shape index (κ2) is 3.17. The number of fused-ring (bicyclic) bond motifs is 1. The second-order valence-corrected chi connectivity index (χ2v) is 3.15. The van der Waals surface area contributed by atoms with E-state index in [1.54, 1.807) is 7.11 Å². The van der Waals surface area contributed by atoms with Gasteiger partial charge in [-0.05, 0) is 30.9 Å². The monoisotopic (exact) mass is 177 g/mol. The Morgan fingerprint density at radius 2 is 2.38 bits per heavy atom. The standard InChI is InChI=1S/C10H11NO2/c1-13-10-5-7-3-2-4-8(7)11-9(10)6-12/h5-6H,2-4H2,1H3. The molecule has 1 heterocycles. The van der Waals surface area contributed by atoms with Crippen molar-refractivity contribution in [2.75, 3.05) is 7.11 Å². The maximum absolute atomic E-state index is 10.6. The fourth-order valence-electron chi connectivity index (χ4n) is 1.71. The van der Waals surface area contributed by atoms with E-state index in [-0.39, 0.29) is 0 Å². The van der Waals surface area contributed by atoms with Gasteiger partial charge >= 0.3 is 0 Å². The summed E-state index contributed by atoms with van der Waals surface area (Å²) in [6.45, 7) is 0. The molecule has 2 rings (SSSR count). The van der Waals surface area contributed by atoms with Gasteiger partial charge in [-0.2, -0.15) is 0 Å². The Balaban J connectivity index is 2.53. The SMILES string of the molecule is COc1cc2c(nc1C=O)CCC2. The van der Waals surface area contributed by atoms with Gasteiger partial charge in [-0.3, -0.25) is 4.79 Å². The summed E-state index contributed by atoms with van der Waals surface area (Å²) in [6.07, 6.45) is 3.92. The summed E-state index contributed by atoms with van der Waals surface area (Å²) in [4.78, 5) is 14.9. The van der Waals surface area contributed by atoms with Crippen molar-refractivity contribution in [1.29, 1.82) is 0 Å². The molecule has 0 radical (unpaired) electrons. The van der Waals surface area contributed by atoms with Gasteiger partial charge in [0.05, 0.1) is 7.11 Å². The van der Waals surface area contributed by atoms with E-state index in [0.717, 1.165) is 31.2 Å². The van der Waals surface area contributed by atoms with Gasteiger partial charge < -0.3 is 4.74 Å². The van der Waals surface area contributed by atoms with Gasteiger partial charge in [0, 0.05) is 5.69 Å². The molecule has 0 fully saturated rings. The van der Waals surface area contributed by atoms with Gasteiger partial charge in [0.15, 0.2) is 6.29 Å². The van der Waals surface area contributed by atoms with Crippen LogP contribution in [-0.2, 0) is 12.8 Å². The van der Waals surface area contributed by atoms with Crippen molar-refractivity contribution in [3.8, 4) is 5.75 Å². The second-order valence-electron chi connectivity index (χ2n) is 3.15.